The fourth-order valence-corrected chi connectivity index (χ4v) is 3.75. The first kappa shape index (κ1) is 23.3. The number of nitrogens with two attached hydrogens (primary N) is 1. The Hall–Kier alpha value is -3.33. The predicted octanol–water partition coefficient (Wildman–Crippen LogP) is 1.67. The first-order valence-electron chi connectivity index (χ1n) is 10.5. The Morgan fingerprint density at radius 2 is 1.66 bits per heavy atom. The van der Waals surface area contributed by atoms with Gasteiger partial charge in [-0.2, -0.15) is 0 Å². The highest BCUT2D eigenvalue weighted by molar-refractivity contribution is 5.98. The third kappa shape index (κ3) is 5.67. The number of rotatable bonds is 7. The van der Waals surface area contributed by atoms with Crippen molar-refractivity contribution in [2.45, 2.75) is 25.4 Å². The molecule has 0 aromatic heterocycles. The second-order valence-corrected chi connectivity index (χ2v) is 7.54. The molecule has 0 bridgehead atoms. The van der Waals surface area contributed by atoms with Crippen LogP contribution >= 0.6 is 0 Å². The molecule has 32 heavy (non-hydrogen) atoms. The van der Waals surface area contributed by atoms with Gasteiger partial charge in [0.05, 0.1) is 0 Å². The van der Waals surface area contributed by atoms with E-state index in [1.807, 2.05) is 30.3 Å². The minimum Gasteiger partial charge on any atom is -0.351 e. The lowest BCUT2D eigenvalue weighted by Gasteiger charge is -2.42. The number of nitrogens with one attached hydrogen (secondary N) is 1. The lowest BCUT2D eigenvalue weighted by atomic mass is 10.1. The molecule has 2 aromatic carbocycles. The number of carbonyl (C=O) groups excluding carboxylic acids is 3. The Bertz CT molecular complexity index is 951. The number of hydrogen-bond acceptors (Lipinski definition) is 4. The lowest BCUT2D eigenvalue weighted by molar-refractivity contribution is -0.149. The molecular formula is C23H26F2N4O3. The number of halogens is 2. The van der Waals surface area contributed by atoms with Gasteiger partial charge < -0.3 is 20.9 Å². The Morgan fingerprint density at radius 3 is 2.31 bits per heavy atom. The maximum absolute atomic E-state index is 13.7. The average Bonchev–Trinajstić information content (AvgIpc) is 2.80. The molecule has 0 spiro atoms. The molecule has 0 aliphatic carbocycles. The Labute approximate surface area is 185 Å². The van der Waals surface area contributed by atoms with Gasteiger partial charge >= 0.3 is 0 Å². The Kier molecular flexibility index (Phi) is 7.88. The zero-order valence-electron chi connectivity index (χ0n) is 17.6. The average molecular weight is 444 g/mol. The van der Waals surface area contributed by atoms with Gasteiger partial charge in [-0.1, -0.05) is 30.3 Å². The molecule has 0 saturated carbocycles. The molecule has 1 aliphatic heterocycles. The molecular weight excluding hydrogens is 418 g/mol. The quantitative estimate of drug-likeness (QED) is 0.679. The lowest BCUT2D eigenvalue weighted by Crippen LogP contribution is -2.63. The summed E-state index contributed by atoms with van der Waals surface area (Å²) in [4.78, 5) is 41.6. The maximum atomic E-state index is 13.7. The summed E-state index contributed by atoms with van der Waals surface area (Å²) in [5.41, 5.74) is 6.23. The Morgan fingerprint density at radius 1 is 1.00 bits per heavy atom. The van der Waals surface area contributed by atoms with Crippen molar-refractivity contribution in [3.8, 4) is 0 Å². The number of carbonyl (C=O) groups is 3. The minimum absolute atomic E-state index is 0.154. The summed E-state index contributed by atoms with van der Waals surface area (Å²) in [5.74, 6) is -3.37. The summed E-state index contributed by atoms with van der Waals surface area (Å²) in [6, 6.07) is 11.9. The highest BCUT2D eigenvalue weighted by Gasteiger charge is 2.40. The number of nitrogens with zero attached hydrogens (tertiary/aromatic N) is 2. The largest absolute Gasteiger partial charge is 0.351 e. The molecule has 2 aromatic rings. The van der Waals surface area contributed by atoms with Crippen LogP contribution in [0.3, 0.4) is 0 Å². The van der Waals surface area contributed by atoms with Crippen LogP contribution in [0, 0.1) is 11.6 Å². The topological polar surface area (TPSA) is 95.7 Å². The van der Waals surface area contributed by atoms with Gasteiger partial charge in [-0.3, -0.25) is 14.4 Å². The van der Waals surface area contributed by atoms with Crippen LogP contribution in [0.1, 0.15) is 28.8 Å². The van der Waals surface area contributed by atoms with E-state index in [2.05, 4.69) is 5.32 Å². The number of hydrogen-bond donors (Lipinski definition) is 2. The summed E-state index contributed by atoms with van der Waals surface area (Å²) >= 11 is 0. The van der Waals surface area contributed by atoms with Crippen molar-refractivity contribution in [1.29, 1.82) is 0 Å². The molecule has 1 heterocycles. The van der Waals surface area contributed by atoms with E-state index < -0.39 is 29.6 Å². The number of aryl methyl sites for hydroxylation is 1. The van der Waals surface area contributed by atoms with Gasteiger partial charge in [0.1, 0.15) is 11.6 Å². The molecule has 1 unspecified atom stereocenters. The van der Waals surface area contributed by atoms with Crippen LogP contribution in [0.2, 0.25) is 0 Å². The minimum atomic E-state index is -1.22. The standard InChI is InChI=1S/C23H26F2N4O3/c24-18-13-17(14-19(25)15-18)23(32)29-12-4-11-28(22(29)21(31)27-10-9-26)20(30)8-7-16-5-2-1-3-6-16/h1-3,5-6,13-15,22H,4,7-12,26H2,(H,27,31). The summed E-state index contributed by atoms with van der Waals surface area (Å²) < 4.78 is 27.4. The molecule has 9 heteroatoms. The van der Waals surface area contributed by atoms with Crippen LogP contribution in [0.15, 0.2) is 48.5 Å². The molecule has 1 atom stereocenters. The van der Waals surface area contributed by atoms with Crippen LogP contribution in [0.4, 0.5) is 8.78 Å². The molecule has 3 amide bonds. The second-order valence-electron chi connectivity index (χ2n) is 7.54. The van der Waals surface area contributed by atoms with E-state index in [0.29, 0.717) is 18.9 Å². The zero-order valence-corrected chi connectivity index (χ0v) is 17.6. The van der Waals surface area contributed by atoms with Crippen LogP contribution in [-0.4, -0.2) is 59.9 Å². The van der Waals surface area contributed by atoms with Gasteiger partial charge in [-0.05, 0) is 30.5 Å². The third-order valence-corrected chi connectivity index (χ3v) is 5.23. The fraction of sp³-hybridized carbons (Fsp3) is 0.348. The smallest absolute Gasteiger partial charge is 0.263 e. The van der Waals surface area contributed by atoms with E-state index >= 15 is 0 Å². The SMILES string of the molecule is NCCNC(=O)C1N(C(=O)CCc2ccccc2)CCCN1C(=O)c1cc(F)cc(F)c1. The van der Waals surface area contributed by atoms with E-state index in [4.69, 9.17) is 5.73 Å². The first-order chi connectivity index (χ1) is 15.4. The summed E-state index contributed by atoms with van der Waals surface area (Å²) in [5, 5.41) is 2.62. The second kappa shape index (κ2) is 10.8. The highest BCUT2D eigenvalue weighted by atomic mass is 19.1. The molecule has 7 nitrogen and oxygen atoms in total. The summed E-state index contributed by atoms with van der Waals surface area (Å²) in [6.45, 7) is 0.803. The van der Waals surface area contributed by atoms with Gasteiger partial charge in [-0.15, -0.1) is 0 Å². The van der Waals surface area contributed by atoms with Gasteiger partial charge in [0, 0.05) is 44.2 Å². The van der Waals surface area contributed by atoms with Gasteiger partial charge in [0.25, 0.3) is 11.8 Å². The molecule has 170 valence electrons. The number of amides is 3. The van der Waals surface area contributed by atoms with Crippen LogP contribution in [0.25, 0.3) is 0 Å². The van der Waals surface area contributed by atoms with Crippen molar-refractivity contribution in [3.63, 3.8) is 0 Å². The van der Waals surface area contributed by atoms with Crippen molar-refractivity contribution >= 4 is 17.7 Å². The van der Waals surface area contributed by atoms with Crippen LogP contribution < -0.4 is 11.1 Å². The normalized spacial score (nSPS) is 16.0. The van der Waals surface area contributed by atoms with Crippen LogP contribution in [-0.2, 0) is 16.0 Å². The van der Waals surface area contributed by atoms with Crippen molar-refractivity contribution in [2.75, 3.05) is 26.2 Å². The molecule has 0 radical (unpaired) electrons. The zero-order chi connectivity index (χ0) is 23.1. The van der Waals surface area contributed by atoms with Crippen molar-refractivity contribution < 1.29 is 23.2 Å². The molecule has 1 fully saturated rings. The summed E-state index contributed by atoms with van der Waals surface area (Å²) in [6.07, 6.45) is -0.156. The molecule has 1 saturated heterocycles. The van der Waals surface area contributed by atoms with Gasteiger partial charge in [0.2, 0.25) is 5.91 Å². The van der Waals surface area contributed by atoms with Crippen molar-refractivity contribution in [3.05, 3.63) is 71.3 Å². The summed E-state index contributed by atoms with van der Waals surface area (Å²) in [7, 11) is 0. The monoisotopic (exact) mass is 444 g/mol. The van der Waals surface area contributed by atoms with E-state index in [1.165, 1.54) is 9.80 Å². The molecule has 3 N–H and O–H groups in total. The number of benzene rings is 2. The maximum Gasteiger partial charge on any atom is 0.263 e. The van der Waals surface area contributed by atoms with Gasteiger partial charge in [0.15, 0.2) is 6.17 Å². The fourth-order valence-electron chi connectivity index (χ4n) is 3.75. The van der Waals surface area contributed by atoms with Crippen molar-refractivity contribution in [1.82, 2.24) is 15.1 Å². The first-order valence-corrected chi connectivity index (χ1v) is 10.5. The van der Waals surface area contributed by atoms with E-state index in [9.17, 15) is 23.2 Å². The highest BCUT2D eigenvalue weighted by Crippen LogP contribution is 2.21. The predicted molar refractivity (Wildman–Crippen MR) is 114 cm³/mol. The molecule has 1 aliphatic rings. The van der Waals surface area contributed by atoms with Crippen LogP contribution in [0.5, 0.6) is 0 Å². The van der Waals surface area contributed by atoms with E-state index in [-0.39, 0.29) is 44.1 Å². The third-order valence-electron chi connectivity index (χ3n) is 5.23. The van der Waals surface area contributed by atoms with Crippen molar-refractivity contribution in [2.24, 2.45) is 5.73 Å². The molecule has 3 rings (SSSR count). The Balaban J connectivity index is 1.84. The van der Waals surface area contributed by atoms with Gasteiger partial charge in [-0.25, -0.2) is 8.78 Å². The van der Waals surface area contributed by atoms with E-state index in [0.717, 1.165) is 17.7 Å². The van der Waals surface area contributed by atoms with E-state index in [1.54, 1.807) is 0 Å².